The number of likely N-dealkylation sites (tertiary alicyclic amines) is 1. The van der Waals surface area contributed by atoms with Crippen molar-refractivity contribution in [2.24, 2.45) is 5.92 Å². The molecule has 29 heavy (non-hydrogen) atoms. The zero-order chi connectivity index (χ0) is 20.5. The van der Waals surface area contributed by atoms with Crippen LogP contribution in [0.5, 0.6) is 0 Å². The summed E-state index contributed by atoms with van der Waals surface area (Å²) in [5.74, 6) is 0.503. The third kappa shape index (κ3) is 3.98. The Kier molecular flexibility index (Phi) is 6.04. The van der Waals surface area contributed by atoms with Crippen LogP contribution in [0.3, 0.4) is 0 Å². The van der Waals surface area contributed by atoms with Gasteiger partial charge in [-0.1, -0.05) is 31.0 Å². The second kappa shape index (κ2) is 8.54. The number of nitrogens with zero attached hydrogens (tertiary/aromatic N) is 3. The van der Waals surface area contributed by atoms with E-state index in [1.54, 1.807) is 4.31 Å². The Bertz CT molecular complexity index is 892. The summed E-state index contributed by atoms with van der Waals surface area (Å²) in [5, 5.41) is 1.37. The Labute approximate surface area is 179 Å². The number of fused-ring (bicyclic) bond motifs is 2. The van der Waals surface area contributed by atoms with Gasteiger partial charge in [0.1, 0.15) is 0 Å². The summed E-state index contributed by atoms with van der Waals surface area (Å²) in [6, 6.07) is 6.96. The van der Waals surface area contributed by atoms with E-state index in [4.69, 9.17) is 0 Å². The predicted molar refractivity (Wildman–Crippen MR) is 122 cm³/mol. The third-order valence-corrected chi connectivity index (χ3v) is 6.91. The van der Waals surface area contributed by atoms with E-state index >= 15 is 0 Å². The molecule has 1 saturated heterocycles. The molecule has 0 radical (unpaired) electrons. The van der Waals surface area contributed by atoms with E-state index in [0.717, 1.165) is 38.9 Å². The first-order valence-electron chi connectivity index (χ1n) is 10.6. The van der Waals surface area contributed by atoms with Crippen LogP contribution in [-0.4, -0.2) is 71.3 Å². The number of aromatic amines is 1. The summed E-state index contributed by atoms with van der Waals surface area (Å²) in [6.45, 7) is 7.21. The quantitative estimate of drug-likeness (QED) is 0.542. The molecule has 0 bridgehead atoms. The van der Waals surface area contributed by atoms with Gasteiger partial charge in [-0.3, -0.25) is 14.0 Å². The molecule has 2 heterocycles. The van der Waals surface area contributed by atoms with E-state index < -0.39 is 0 Å². The van der Waals surface area contributed by atoms with Gasteiger partial charge in [0, 0.05) is 48.7 Å². The fraction of sp³-hybridized carbons (Fsp3) is 0.522. The lowest BCUT2D eigenvalue weighted by molar-refractivity contribution is -0.133. The van der Waals surface area contributed by atoms with E-state index in [1.807, 2.05) is 6.08 Å². The summed E-state index contributed by atoms with van der Waals surface area (Å²) < 4.78 is 1.64. The molecule has 1 amide bonds. The minimum atomic E-state index is -0.0243. The molecule has 1 aliphatic carbocycles. The van der Waals surface area contributed by atoms with Crippen LogP contribution >= 0.6 is 12.8 Å². The van der Waals surface area contributed by atoms with Crippen LogP contribution in [0.4, 0.5) is 0 Å². The average Bonchev–Trinajstić information content (AvgIpc) is 3.12. The lowest BCUT2D eigenvalue weighted by Gasteiger charge is -2.46. The fourth-order valence-electron chi connectivity index (χ4n) is 5.21. The van der Waals surface area contributed by atoms with Gasteiger partial charge < -0.3 is 9.88 Å². The van der Waals surface area contributed by atoms with E-state index in [0.29, 0.717) is 18.5 Å². The van der Waals surface area contributed by atoms with Crippen molar-refractivity contribution in [3.05, 3.63) is 48.2 Å². The van der Waals surface area contributed by atoms with Crippen molar-refractivity contribution in [2.45, 2.75) is 31.2 Å². The number of H-pyrrole nitrogens is 1. The van der Waals surface area contributed by atoms with Crippen molar-refractivity contribution in [2.75, 3.05) is 40.3 Å². The van der Waals surface area contributed by atoms with Crippen LogP contribution < -0.4 is 0 Å². The Balaban J connectivity index is 1.57. The molecule has 1 N–H and O–H groups in total. The summed E-state index contributed by atoms with van der Waals surface area (Å²) in [5.41, 5.74) is 3.99. The molecule has 3 atom stereocenters. The minimum Gasteiger partial charge on any atom is -0.361 e. The largest absolute Gasteiger partial charge is 0.361 e. The number of carbonyl (C=O) groups excluding carboxylic acids is 1. The van der Waals surface area contributed by atoms with Crippen LogP contribution in [0.15, 0.2) is 37.1 Å². The summed E-state index contributed by atoms with van der Waals surface area (Å²) >= 11 is 4.54. The van der Waals surface area contributed by atoms with Gasteiger partial charge in [0.2, 0.25) is 5.91 Å². The second-order valence-corrected chi connectivity index (χ2v) is 9.24. The summed E-state index contributed by atoms with van der Waals surface area (Å²) in [6.07, 6.45) is 6.99. The smallest absolute Gasteiger partial charge is 0.236 e. The number of carbonyl (C=O) groups is 1. The fourth-order valence-corrected chi connectivity index (χ4v) is 5.51. The van der Waals surface area contributed by atoms with Gasteiger partial charge in [0.15, 0.2) is 0 Å². The highest BCUT2D eigenvalue weighted by Crippen LogP contribution is 2.45. The SMILES string of the molecule is C=CCN1C[C@H](C(=O)N(S)CCCN(C)C)C[C@@H]2c3cccc4[nH]cc(c34)C[C@H]21. The molecule has 1 aliphatic heterocycles. The van der Waals surface area contributed by atoms with Gasteiger partial charge in [0.25, 0.3) is 0 Å². The molecule has 0 unspecified atom stereocenters. The molecular formula is C23H32N4OS. The van der Waals surface area contributed by atoms with Gasteiger partial charge in [-0.2, -0.15) is 0 Å². The maximum atomic E-state index is 13.2. The molecule has 0 saturated carbocycles. The van der Waals surface area contributed by atoms with Gasteiger partial charge in [0.05, 0.1) is 5.92 Å². The lowest BCUT2D eigenvalue weighted by atomic mass is 9.72. The van der Waals surface area contributed by atoms with Gasteiger partial charge >= 0.3 is 0 Å². The Morgan fingerprint density at radius 3 is 2.97 bits per heavy atom. The first kappa shape index (κ1) is 20.5. The van der Waals surface area contributed by atoms with Crippen molar-refractivity contribution in [1.29, 1.82) is 0 Å². The van der Waals surface area contributed by atoms with E-state index in [-0.39, 0.29) is 11.8 Å². The van der Waals surface area contributed by atoms with Crippen LogP contribution in [0.2, 0.25) is 0 Å². The van der Waals surface area contributed by atoms with Gasteiger partial charge in [-0.15, -0.1) is 6.58 Å². The van der Waals surface area contributed by atoms with Crippen LogP contribution in [0.25, 0.3) is 10.9 Å². The molecule has 6 heteroatoms. The molecule has 4 rings (SSSR count). The van der Waals surface area contributed by atoms with E-state index in [2.05, 4.69) is 72.7 Å². The predicted octanol–water partition coefficient (Wildman–Crippen LogP) is 3.31. The molecule has 1 fully saturated rings. The molecule has 5 nitrogen and oxygen atoms in total. The molecular weight excluding hydrogens is 380 g/mol. The maximum absolute atomic E-state index is 13.2. The molecule has 2 aromatic rings. The highest BCUT2D eigenvalue weighted by Gasteiger charge is 2.43. The lowest BCUT2D eigenvalue weighted by Crippen LogP contribution is -2.52. The monoisotopic (exact) mass is 412 g/mol. The summed E-state index contributed by atoms with van der Waals surface area (Å²) in [4.78, 5) is 21.2. The zero-order valence-corrected chi connectivity index (χ0v) is 18.4. The number of rotatable bonds is 7. The Morgan fingerprint density at radius 2 is 2.21 bits per heavy atom. The number of hydrogen-bond acceptors (Lipinski definition) is 4. The van der Waals surface area contributed by atoms with Crippen molar-refractivity contribution in [1.82, 2.24) is 19.1 Å². The van der Waals surface area contributed by atoms with E-state index in [1.165, 1.54) is 22.0 Å². The first-order valence-corrected chi connectivity index (χ1v) is 11.0. The van der Waals surface area contributed by atoms with Crippen molar-refractivity contribution >= 4 is 29.6 Å². The van der Waals surface area contributed by atoms with Gasteiger partial charge in [-0.05, 0) is 57.1 Å². The molecule has 1 aromatic carbocycles. The van der Waals surface area contributed by atoms with Crippen molar-refractivity contribution in [3.63, 3.8) is 0 Å². The Hall–Kier alpha value is -1.76. The molecule has 2 aliphatic rings. The standard InChI is InChI=1S/C23H32N4OS/c1-4-9-26-15-17(23(28)27(29)11-6-10-25(2)3)12-19-18-7-5-8-20-22(18)16(14-24-20)13-21(19)26/h4-5,7-8,14,17,19,21,24,29H,1,6,9-13,15H2,2-3H3/t17-,19-,21-/m1/s1. The summed E-state index contributed by atoms with van der Waals surface area (Å²) in [7, 11) is 4.11. The zero-order valence-electron chi connectivity index (χ0n) is 17.5. The van der Waals surface area contributed by atoms with Crippen LogP contribution in [0, 0.1) is 5.92 Å². The topological polar surface area (TPSA) is 42.6 Å². The maximum Gasteiger partial charge on any atom is 0.236 e. The Morgan fingerprint density at radius 1 is 1.38 bits per heavy atom. The number of hydrogen-bond donors (Lipinski definition) is 2. The number of nitrogens with one attached hydrogen (secondary N) is 1. The van der Waals surface area contributed by atoms with Crippen molar-refractivity contribution < 1.29 is 4.79 Å². The van der Waals surface area contributed by atoms with Crippen LogP contribution in [0.1, 0.15) is 29.9 Å². The molecule has 0 spiro atoms. The average molecular weight is 413 g/mol. The van der Waals surface area contributed by atoms with E-state index in [9.17, 15) is 4.79 Å². The van der Waals surface area contributed by atoms with Gasteiger partial charge in [-0.25, -0.2) is 0 Å². The third-order valence-electron chi connectivity index (χ3n) is 6.52. The molecule has 1 aromatic heterocycles. The minimum absolute atomic E-state index is 0.0243. The molecule has 156 valence electrons. The number of benzene rings is 1. The number of aromatic nitrogens is 1. The number of piperidine rings is 1. The number of amides is 1. The van der Waals surface area contributed by atoms with Crippen LogP contribution in [-0.2, 0) is 11.2 Å². The first-order chi connectivity index (χ1) is 14.0. The number of thiol groups is 1. The normalized spacial score (nSPS) is 23.9. The second-order valence-electron chi connectivity index (χ2n) is 8.76. The highest BCUT2D eigenvalue weighted by atomic mass is 32.1. The highest BCUT2D eigenvalue weighted by molar-refractivity contribution is 7.78. The van der Waals surface area contributed by atoms with Crippen molar-refractivity contribution in [3.8, 4) is 0 Å².